The van der Waals surface area contributed by atoms with Crippen LogP contribution in [0.25, 0.3) is 0 Å². The van der Waals surface area contributed by atoms with Crippen molar-refractivity contribution < 1.29 is 4.39 Å². The van der Waals surface area contributed by atoms with E-state index in [1.54, 1.807) is 13.0 Å². The summed E-state index contributed by atoms with van der Waals surface area (Å²) in [5.41, 5.74) is 1.75. The minimum atomic E-state index is -0.106. The first-order valence-corrected chi connectivity index (χ1v) is 7.64. The molecule has 0 amide bonds. The van der Waals surface area contributed by atoms with E-state index in [0.29, 0.717) is 5.56 Å². The Morgan fingerprint density at radius 2 is 1.79 bits per heavy atom. The highest BCUT2D eigenvalue weighted by molar-refractivity contribution is 5.25. The van der Waals surface area contributed by atoms with Crippen LogP contribution in [0.4, 0.5) is 4.39 Å². The Balaban J connectivity index is 2.20. The van der Waals surface area contributed by atoms with E-state index in [1.165, 1.54) is 38.5 Å². The average molecular weight is 265 g/mol. The number of hydrogen-bond acceptors (Lipinski definition) is 1. The van der Waals surface area contributed by atoms with Crippen molar-refractivity contribution in [3.63, 3.8) is 0 Å². The Kier molecular flexibility index (Phi) is 7.73. The lowest BCUT2D eigenvalue weighted by atomic mass is 10.1. The largest absolute Gasteiger partial charge is 0.310 e. The van der Waals surface area contributed by atoms with E-state index in [9.17, 15) is 4.39 Å². The third-order valence-corrected chi connectivity index (χ3v) is 3.68. The van der Waals surface area contributed by atoms with E-state index in [0.717, 1.165) is 12.1 Å². The van der Waals surface area contributed by atoms with Gasteiger partial charge in [0.2, 0.25) is 0 Å². The van der Waals surface area contributed by atoms with Crippen molar-refractivity contribution in [1.82, 2.24) is 5.32 Å². The van der Waals surface area contributed by atoms with Crippen LogP contribution in [0.3, 0.4) is 0 Å². The Labute approximate surface area is 117 Å². The molecule has 0 aliphatic heterocycles. The maximum Gasteiger partial charge on any atom is 0.126 e. The Morgan fingerprint density at radius 3 is 2.47 bits per heavy atom. The molecule has 108 valence electrons. The summed E-state index contributed by atoms with van der Waals surface area (Å²) in [6, 6.07) is 5.74. The van der Waals surface area contributed by atoms with Gasteiger partial charge in [0.15, 0.2) is 0 Å². The van der Waals surface area contributed by atoms with Gasteiger partial charge in [0, 0.05) is 6.04 Å². The number of benzene rings is 1. The van der Waals surface area contributed by atoms with E-state index in [2.05, 4.69) is 19.2 Å². The maximum atomic E-state index is 13.5. The molecule has 1 rings (SSSR count). The summed E-state index contributed by atoms with van der Waals surface area (Å²) in [7, 11) is 0. The van der Waals surface area contributed by atoms with Crippen molar-refractivity contribution in [2.45, 2.75) is 65.3 Å². The predicted molar refractivity (Wildman–Crippen MR) is 80.9 cm³/mol. The van der Waals surface area contributed by atoms with E-state index < -0.39 is 0 Å². The van der Waals surface area contributed by atoms with Gasteiger partial charge in [-0.05, 0) is 44.0 Å². The highest BCUT2D eigenvalue weighted by Crippen LogP contribution is 2.16. The molecule has 0 bridgehead atoms. The summed E-state index contributed by atoms with van der Waals surface area (Å²) < 4.78 is 13.5. The Bertz CT molecular complexity index is 362. The van der Waals surface area contributed by atoms with Crippen LogP contribution >= 0.6 is 0 Å². The lowest BCUT2D eigenvalue weighted by Crippen LogP contribution is -2.20. The van der Waals surface area contributed by atoms with Gasteiger partial charge in [-0.2, -0.15) is 0 Å². The second-order valence-corrected chi connectivity index (χ2v) is 5.45. The van der Waals surface area contributed by atoms with Crippen molar-refractivity contribution in [3.05, 3.63) is 35.1 Å². The van der Waals surface area contributed by atoms with Crippen molar-refractivity contribution in [2.24, 2.45) is 0 Å². The zero-order valence-electron chi connectivity index (χ0n) is 12.6. The van der Waals surface area contributed by atoms with Crippen LogP contribution in [0.2, 0.25) is 0 Å². The first-order chi connectivity index (χ1) is 9.15. The van der Waals surface area contributed by atoms with E-state index in [1.807, 2.05) is 12.1 Å². The van der Waals surface area contributed by atoms with Crippen molar-refractivity contribution in [1.29, 1.82) is 0 Å². The average Bonchev–Trinajstić information content (AvgIpc) is 2.40. The Hall–Kier alpha value is -0.890. The first-order valence-electron chi connectivity index (χ1n) is 7.64. The number of halogens is 1. The van der Waals surface area contributed by atoms with Crippen LogP contribution in [0.5, 0.6) is 0 Å². The van der Waals surface area contributed by atoms with Crippen LogP contribution in [0.1, 0.15) is 69.5 Å². The first kappa shape index (κ1) is 16.2. The molecule has 1 aromatic rings. The summed E-state index contributed by atoms with van der Waals surface area (Å²) in [4.78, 5) is 0. The second kappa shape index (κ2) is 9.08. The minimum Gasteiger partial charge on any atom is -0.310 e. The molecule has 1 atom stereocenters. The topological polar surface area (TPSA) is 12.0 Å². The molecule has 0 radical (unpaired) electrons. The monoisotopic (exact) mass is 265 g/mol. The molecule has 1 nitrogen and oxygen atoms in total. The molecule has 0 aliphatic rings. The zero-order chi connectivity index (χ0) is 14.1. The van der Waals surface area contributed by atoms with Gasteiger partial charge < -0.3 is 5.32 Å². The number of nitrogens with one attached hydrogen (secondary N) is 1. The third-order valence-electron chi connectivity index (χ3n) is 3.68. The molecule has 0 heterocycles. The molecular formula is C17H28FN. The number of hydrogen-bond donors (Lipinski definition) is 1. The van der Waals surface area contributed by atoms with E-state index >= 15 is 0 Å². The van der Waals surface area contributed by atoms with Crippen LogP contribution in [-0.2, 0) is 0 Å². The highest BCUT2D eigenvalue weighted by Gasteiger charge is 2.06. The molecular weight excluding hydrogens is 237 g/mol. The maximum absolute atomic E-state index is 13.5. The van der Waals surface area contributed by atoms with Gasteiger partial charge in [0.25, 0.3) is 0 Å². The number of rotatable bonds is 9. The zero-order valence-corrected chi connectivity index (χ0v) is 12.6. The van der Waals surface area contributed by atoms with Gasteiger partial charge in [0.1, 0.15) is 5.82 Å². The summed E-state index contributed by atoms with van der Waals surface area (Å²) in [6.45, 7) is 7.15. The molecule has 1 aromatic carbocycles. The molecule has 19 heavy (non-hydrogen) atoms. The molecule has 0 aliphatic carbocycles. The predicted octanol–water partition coefficient (Wildman–Crippen LogP) is 5.15. The van der Waals surface area contributed by atoms with E-state index in [-0.39, 0.29) is 11.9 Å². The fraction of sp³-hybridized carbons (Fsp3) is 0.647. The second-order valence-electron chi connectivity index (χ2n) is 5.45. The van der Waals surface area contributed by atoms with Crippen molar-refractivity contribution in [3.8, 4) is 0 Å². The fourth-order valence-corrected chi connectivity index (χ4v) is 2.22. The number of aryl methyl sites for hydroxylation is 1. The Morgan fingerprint density at radius 1 is 1.11 bits per heavy atom. The summed E-state index contributed by atoms with van der Waals surface area (Å²) in [5.74, 6) is -0.106. The molecule has 0 fully saturated rings. The lowest BCUT2D eigenvalue weighted by molar-refractivity contribution is 0.524. The van der Waals surface area contributed by atoms with Crippen molar-refractivity contribution >= 4 is 0 Å². The third kappa shape index (κ3) is 6.20. The van der Waals surface area contributed by atoms with Crippen LogP contribution in [-0.4, -0.2) is 6.54 Å². The molecule has 2 heteroatoms. The molecule has 1 N–H and O–H groups in total. The lowest BCUT2D eigenvalue weighted by Gasteiger charge is -2.14. The molecule has 0 spiro atoms. The molecule has 0 aromatic heterocycles. The minimum absolute atomic E-state index is 0.106. The molecule has 0 saturated carbocycles. The smallest absolute Gasteiger partial charge is 0.126 e. The van der Waals surface area contributed by atoms with Gasteiger partial charge in [-0.15, -0.1) is 0 Å². The van der Waals surface area contributed by atoms with Gasteiger partial charge in [-0.3, -0.25) is 0 Å². The van der Waals surface area contributed by atoms with Gasteiger partial charge in [-0.25, -0.2) is 4.39 Å². The SMILES string of the molecule is CCCCCCCCNC(C)c1ccc(C)c(F)c1. The van der Waals surface area contributed by atoms with Crippen LogP contribution in [0, 0.1) is 12.7 Å². The van der Waals surface area contributed by atoms with Crippen molar-refractivity contribution in [2.75, 3.05) is 6.54 Å². The summed E-state index contributed by atoms with van der Waals surface area (Å²) in [6.07, 6.45) is 7.85. The van der Waals surface area contributed by atoms with Gasteiger partial charge >= 0.3 is 0 Å². The van der Waals surface area contributed by atoms with E-state index in [4.69, 9.17) is 0 Å². The molecule has 1 unspecified atom stereocenters. The quantitative estimate of drug-likeness (QED) is 0.609. The highest BCUT2D eigenvalue weighted by atomic mass is 19.1. The number of unbranched alkanes of at least 4 members (excludes halogenated alkanes) is 5. The van der Waals surface area contributed by atoms with Crippen LogP contribution < -0.4 is 5.32 Å². The molecule has 0 saturated heterocycles. The normalized spacial score (nSPS) is 12.6. The van der Waals surface area contributed by atoms with Gasteiger partial charge in [-0.1, -0.05) is 51.2 Å². The van der Waals surface area contributed by atoms with Gasteiger partial charge in [0.05, 0.1) is 0 Å². The summed E-state index contributed by atoms with van der Waals surface area (Å²) >= 11 is 0. The summed E-state index contributed by atoms with van der Waals surface area (Å²) in [5, 5.41) is 3.47. The standard InChI is InChI=1S/C17H28FN/c1-4-5-6-7-8-9-12-19-15(3)16-11-10-14(2)17(18)13-16/h10-11,13,15,19H,4-9,12H2,1-3H3. The van der Waals surface area contributed by atoms with Crippen LogP contribution in [0.15, 0.2) is 18.2 Å². The fourth-order valence-electron chi connectivity index (χ4n) is 2.22.